The van der Waals surface area contributed by atoms with E-state index in [2.05, 4.69) is 53.6 Å². The molecule has 0 unspecified atom stereocenters. The molecule has 1 aromatic heterocycles. The molecule has 222 valence electrons. The SMILES string of the molecule is CCC[C@H](c1ccc(C(=O)NCc2nn[nH]n2)cc1)N1C(=O)C(c2cc(F)cc(F)c2)=NC12CCC(C(C)(C)C)CC2. The minimum absolute atomic E-state index is 0.0983. The van der Waals surface area contributed by atoms with Gasteiger partial charge in [0.05, 0.1) is 12.6 Å². The molecule has 11 heteroatoms. The zero-order chi connectivity index (χ0) is 30.1. The highest BCUT2D eigenvalue weighted by Gasteiger charge is 2.52. The van der Waals surface area contributed by atoms with Crippen LogP contribution in [0.4, 0.5) is 8.78 Å². The van der Waals surface area contributed by atoms with Crippen LogP contribution in [0, 0.1) is 23.0 Å². The lowest BCUT2D eigenvalue weighted by Gasteiger charge is -2.47. The number of halogens is 2. The summed E-state index contributed by atoms with van der Waals surface area (Å²) >= 11 is 0. The summed E-state index contributed by atoms with van der Waals surface area (Å²) in [6, 6.07) is 10.0. The topological polar surface area (TPSA) is 116 Å². The summed E-state index contributed by atoms with van der Waals surface area (Å²) in [6.45, 7) is 8.89. The molecule has 3 aromatic rings. The van der Waals surface area contributed by atoms with Crippen LogP contribution >= 0.6 is 0 Å². The molecule has 1 aliphatic heterocycles. The van der Waals surface area contributed by atoms with Crippen molar-refractivity contribution in [2.24, 2.45) is 16.3 Å². The van der Waals surface area contributed by atoms with E-state index in [0.717, 1.165) is 30.9 Å². The zero-order valence-corrected chi connectivity index (χ0v) is 24.5. The van der Waals surface area contributed by atoms with Gasteiger partial charge < -0.3 is 10.2 Å². The van der Waals surface area contributed by atoms with Crippen LogP contribution in [0.3, 0.4) is 0 Å². The Morgan fingerprint density at radius 3 is 2.36 bits per heavy atom. The zero-order valence-electron chi connectivity index (χ0n) is 24.5. The van der Waals surface area contributed by atoms with Gasteiger partial charge in [-0.2, -0.15) is 5.21 Å². The number of hydrogen-bond donors (Lipinski definition) is 2. The van der Waals surface area contributed by atoms with Crippen LogP contribution in [0.2, 0.25) is 0 Å². The monoisotopic (exact) mass is 577 g/mol. The Hall–Kier alpha value is -4.02. The lowest BCUT2D eigenvalue weighted by atomic mass is 9.69. The number of aromatic nitrogens is 4. The van der Waals surface area contributed by atoms with Crippen molar-refractivity contribution in [1.82, 2.24) is 30.8 Å². The first kappa shape index (κ1) is 29.5. The molecule has 0 saturated heterocycles. The van der Waals surface area contributed by atoms with Crippen molar-refractivity contribution in [2.45, 2.75) is 84.5 Å². The number of H-pyrrole nitrogens is 1. The summed E-state index contributed by atoms with van der Waals surface area (Å²) in [4.78, 5) is 33.8. The minimum Gasteiger partial charge on any atom is -0.345 e. The molecule has 2 aromatic carbocycles. The summed E-state index contributed by atoms with van der Waals surface area (Å²) in [7, 11) is 0. The van der Waals surface area contributed by atoms with Crippen molar-refractivity contribution in [3.8, 4) is 0 Å². The maximum atomic E-state index is 14.2. The smallest absolute Gasteiger partial charge is 0.275 e. The molecule has 1 spiro atoms. The molecular weight excluding hydrogens is 540 g/mol. The average molecular weight is 578 g/mol. The quantitative estimate of drug-likeness (QED) is 0.366. The highest BCUT2D eigenvalue weighted by molar-refractivity contribution is 6.46. The molecule has 0 bridgehead atoms. The van der Waals surface area contributed by atoms with Crippen molar-refractivity contribution < 1.29 is 18.4 Å². The standard InChI is InChI=1S/C31H37F2N7O2/c1-5-6-25(19-7-9-20(10-8-19)28(41)34-18-26-36-38-39-37-26)40-29(42)27(21-15-23(32)17-24(33)16-21)35-31(40)13-11-22(12-14-31)30(2,3)4/h7-10,15-17,22,25H,5-6,11-14,18H2,1-4H3,(H,34,41)(H,36,37,38,39)/t22?,25-,31?/m1/s1. The number of carbonyl (C=O) groups is 2. The molecule has 1 aliphatic carbocycles. The second-order valence-corrected chi connectivity index (χ2v) is 12.4. The van der Waals surface area contributed by atoms with Crippen LogP contribution < -0.4 is 5.32 Å². The average Bonchev–Trinajstić information content (AvgIpc) is 3.56. The third kappa shape index (κ3) is 5.96. The number of aliphatic imine (C=N–C) groups is 1. The fourth-order valence-corrected chi connectivity index (χ4v) is 6.32. The number of rotatable bonds is 8. The molecular formula is C31H37F2N7O2. The van der Waals surface area contributed by atoms with Gasteiger partial charge in [0.25, 0.3) is 11.8 Å². The van der Waals surface area contributed by atoms with E-state index in [1.165, 1.54) is 12.1 Å². The molecule has 5 rings (SSSR count). The summed E-state index contributed by atoms with van der Waals surface area (Å²) in [5, 5.41) is 16.3. The maximum Gasteiger partial charge on any atom is 0.275 e. The van der Waals surface area contributed by atoms with Gasteiger partial charge in [-0.25, -0.2) is 8.78 Å². The van der Waals surface area contributed by atoms with E-state index < -0.39 is 17.3 Å². The van der Waals surface area contributed by atoms with E-state index in [-0.39, 0.29) is 41.1 Å². The second-order valence-electron chi connectivity index (χ2n) is 12.4. The Morgan fingerprint density at radius 1 is 1.12 bits per heavy atom. The third-order valence-corrected chi connectivity index (χ3v) is 8.56. The van der Waals surface area contributed by atoms with E-state index in [4.69, 9.17) is 4.99 Å². The number of carbonyl (C=O) groups excluding carboxylic acids is 2. The van der Waals surface area contributed by atoms with Gasteiger partial charge in [-0.1, -0.05) is 51.5 Å². The van der Waals surface area contributed by atoms with E-state index >= 15 is 0 Å². The Balaban J connectivity index is 1.47. The minimum atomic E-state index is -0.808. The van der Waals surface area contributed by atoms with Crippen LogP contribution in [0.1, 0.15) is 99.6 Å². The number of hydrogen-bond acceptors (Lipinski definition) is 6. The molecule has 2 aliphatic rings. The molecule has 1 atom stereocenters. The van der Waals surface area contributed by atoms with E-state index in [9.17, 15) is 18.4 Å². The molecule has 2 N–H and O–H groups in total. The highest BCUT2D eigenvalue weighted by Crippen LogP contribution is 2.49. The van der Waals surface area contributed by atoms with Gasteiger partial charge >= 0.3 is 0 Å². The van der Waals surface area contributed by atoms with Gasteiger partial charge in [0.1, 0.15) is 23.0 Å². The largest absolute Gasteiger partial charge is 0.345 e. The normalized spacial score (nSPS) is 21.5. The third-order valence-electron chi connectivity index (χ3n) is 8.56. The molecule has 9 nitrogen and oxygen atoms in total. The van der Waals surface area contributed by atoms with Gasteiger partial charge in [0, 0.05) is 17.2 Å². The van der Waals surface area contributed by atoms with Crippen molar-refractivity contribution >= 4 is 17.5 Å². The van der Waals surface area contributed by atoms with Crippen molar-refractivity contribution in [2.75, 3.05) is 0 Å². The first-order valence-electron chi connectivity index (χ1n) is 14.5. The molecule has 1 saturated carbocycles. The lowest BCUT2D eigenvalue weighted by Crippen LogP contribution is -2.51. The van der Waals surface area contributed by atoms with Gasteiger partial charge in [-0.05, 0) is 73.3 Å². The van der Waals surface area contributed by atoms with Crippen LogP contribution in [0.15, 0.2) is 47.5 Å². The van der Waals surface area contributed by atoms with E-state index in [0.29, 0.717) is 36.6 Å². The van der Waals surface area contributed by atoms with Gasteiger partial charge in [-0.3, -0.25) is 14.6 Å². The summed E-state index contributed by atoms with van der Waals surface area (Å²) in [5.74, 6) is -1.26. The number of nitrogens with one attached hydrogen (secondary N) is 2. The molecule has 2 amide bonds. The number of benzene rings is 2. The van der Waals surface area contributed by atoms with Crippen LogP contribution in [0.5, 0.6) is 0 Å². The van der Waals surface area contributed by atoms with Gasteiger partial charge in [0.2, 0.25) is 0 Å². The predicted molar refractivity (Wildman–Crippen MR) is 153 cm³/mol. The maximum absolute atomic E-state index is 14.2. The van der Waals surface area contributed by atoms with Crippen molar-refractivity contribution in [1.29, 1.82) is 0 Å². The summed E-state index contributed by atoms with van der Waals surface area (Å²) in [6.07, 6.45) is 4.57. The Labute approximate surface area is 244 Å². The molecule has 2 heterocycles. The Bertz CT molecular complexity index is 1440. The summed E-state index contributed by atoms with van der Waals surface area (Å²) in [5.41, 5.74) is 0.896. The first-order chi connectivity index (χ1) is 20.0. The Kier molecular flexibility index (Phi) is 8.21. The first-order valence-corrected chi connectivity index (χ1v) is 14.5. The van der Waals surface area contributed by atoms with Crippen molar-refractivity contribution in [3.05, 3.63) is 76.6 Å². The van der Waals surface area contributed by atoms with Crippen molar-refractivity contribution in [3.63, 3.8) is 0 Å². The van der Waals surface area contributed by atoms with Gasteiger partial charge in [-0.15, -0.1) is 10.2 Å². The number of amides is 2. The fraction of sp³-hybridized carbons (Fsp3) is 0.484. The highest BCUT2D eigenvalue weighted by atomic mass is 19.1. The molecule has 1 fully saturated rings. The van der Waals surface area contributed by atoms with Crippen LogP contribution in [-0.2, 0) is 11.3 Å². The summed E-state index contributed by atoms with van der Waals surface area (Å²) < 4.78 is 28.5. The predicted octanol–water partition coefficient (Wildman–Crippen LogP) is 5.51. The van der Waals surface area contributed by atoms with E-state index in [1.54, 1.807) is 12.1 Å². The van der Waals surface area contributed by atoms with Crippen LogP contribution in [0.25, 0.3) is 0 Å². The lowest BCUT2D eigenvalue weighted by molar-refractivity contribution is -0.133. The Morgan fingerprint density at radius 2 is 1.79 bits per heavy atom. The number of nitrogens with zero attached hydrogens (tertiary/aromatic N) is 5. The molecule has 42 heavy (non-hydrogen) atoms. The number of aromatic amines is 1. The number of tetrazole rings is 1. The van der Waals surface area contributed by atoms with E-state index in [1.807, 2.05) is 17.0 Å². The second kappa shape index (κ2) is 11.7. The fourth-order valence-electron chi connectivity index (χ4n) is 6.32. The van der Waals surface area contributed by atoms with Crippen LogP contribution in [-0.4, -0.2) is 48.7 Å². The van der Waals surface area contributed by atoms with Gasteiger partial charge in [0.15, 0.2) is 5.82 Å². The molecule has 0 radical (unpaired) electrons.